The fourth-order valence-corrected chi connectivity index (χ4v) is 2.81. The molecule has 2 aromatic carbocycles. The molecule has 0 aliphatic heterocycles. The lowest BCUT2D eigenvalue weighted by molar-refractivity contribution is -0.137. The number of hydrogen-bond donors (Lipinski definition) is 0. The van der Waals surface area contributed by atoms with Crippen LogP contribution in [0.5, 0.6) is 17.4 Å². The highest BCUT2D eigenvalue weighted by molar-refractivity contribution is 6.31. The summed E-state index contributed by atoms with van der Waals surface area (Å²) in [6, 6.07) is 10.4. The molecule has 4 nitrogen and oxygen atoms in total. The summed E-state index contributed by atoms with van der Waals surface area (Å²) in [7, 11) is 0. The Bertz CT molecular complexity index is 996. The highest BCUT2D eigenvalue weighted by Gasteiger charge is 2.33. The Kier molecular flexibility index (Phi) is 6.49. The van der Waals surface area contributed by atoms with Crippen LogP contribution in [0.1, 0.15) is 16.7 Å². The van der Waals surface area contributed by atoms with Crippen molar-refractivity contribution in [3.63, 3.8) is 0 Å². The first kappa shape index (κ1) is 21.2. The molecular formula is C20H15Cl2F3N2O2. The molecular weight excluding hydrogens is 428 g/mol. The SMILES string of the molecule is Cc1cnc(Cl)nc1OCCc1ccc(Oc2ccc(Cl)c(C(F)(F)F)c2)cc1. The molecule has 0 N–H and O–H groups in total. The maximum atomic E-state index is 12.9. The van der Waals surface area contributed by atoms with E-state index in [1.54, 1.807) is 30.5 Å². The van der Waals surface area contributed by atoms with Gasteiger partial charge in [0.25, 0.3) is 0 Å². The summed E-state index contributed by atoms with van der Waals surface area (Å²) in [4.78, 5) is 7.88. The zero-order valence-electron chi connectivity index (χ0n) is 15.1. The van der Waals surface area contributed by atoms with Crippen LogP contribution in [-0.2, 0) is 12.6 Å². The van der Waals surface area contributed by atoms with Crippen molar-refractivity contribution < 1.29 is 22.6 Å². The number of ether oxygens (including phenoxy) is 2. The number of halogens is 5. The molecule has 0 aliphatic carbocycles. The summed E-state index contributed by atoms with van der Waals surface area (Å²) >= 11 is 11.4. The maximum Gasteiger partial charge on any atom is 0.417 e. The second-order valence-electron chi connectivity index (χ2n) is 6.11. The molecule has 0 radical (unpaired) electrons. The van der Waals surface area contributed by atoms with Crippen LogP contribution < -0.4 is 9.47 Å². The predicted octanol–water partition coefficient (Wildman–Crippen LogP) is 6.52. The van der Waals surface area contributed by atoms with Crippen LogP contribution in [0, 0.1) is 6.92 Å². The number of benzene rings is 2. The summed E-state index contributed by atoms with van der Waals surface area (Å²) in [5.41, 5.74) is 0.798. The number of alkyl halides is 3. The van der Waals surface area contributed by atoms with Crippen molar-refractivity contribution in [3.8, 4) is 17.4 Å². The number of hydrogen-bond acceptors (Lipinski definition) is 4. The van der Waals surface area contributed by atoms with Gasteiger partial charge in [-0.2, -0.15) is 18.2 Å². The van der Waals surface area contributed by atoms with Gasteiger partial charge in [0.1, 0.15) is 11.5 Å². The monoisotopic (exact) mass is 442 g/mol. The van der Waals surface area contributed by atoms with Gasteiger partial charge in [-0.25, -0.2) is 4.98 Å². The lowest BCUT2D eigenvalue weighted by Crippen LogP contribution is -2.06. The zero-order chi connectivity index (χ0) is 21.0. The molecule has 0 spiro atoms. The Hall–Kier alpha value is -2.51. The normalized spacial score (nSPS) is 11.4. The van der Waals surface area contributed by atoms with E-state index in [4.69, 9.17) is 32.7 Å². The highest BCUT2D eigenvalue weighted by atomic mass is 35.5. The van der Waals surface area contributed by atoms with Gasteiger partial charge in [-0.15, -0.1) is 0 Å². The minimum absolute atomic E-state index is 0.0499. The van der Waals surface area contributed by atoms with Crippen LogP contribution in [0.25, 0.3) is 0 Å². The molecule has 1 aromatic heterocycles. The van der Waals surface area contributed by atoms with E-state index in [1.165, 1.54) is 6.07 Å². The Balaban J connectivity index is 1.60. The molecule has 0 unspecified atom stereocenters. The van der Waals surface area contributed by atoms with E-state index in [1.807, 2.05) is 6.92 Å². The summed E-state index contributed by atoms with van der Waals surface area (Å²) in [6.45, 7) is 2.19. The molecule has 29 heavy (non-hydrogen) atoms. The molecule has 0 fully saturated rings. The van der Waals surface area contributed by atoms with Gasteiger partial charge in [-0.05, 0) is 54.4 Å². The average Bonchev–Trinajstić information content (AvgIpc) is 2.66. The maximum absolute atomic E-state index is 12.9. The van der Waals surface area contributed by atoms with Crippen molar-refractivity contribution >= 4 is 23.2 Å². The number of aryl methyl sites for hydroxylation is 1. The van der Waals surface area contributed by atoms with Crippen molar-refractivity contribution in [1.29, 1.82) is 0 Å². The van der Waals surface area contributed by atoms with E-state index >= 15 is 0 Å². The molecule has 0 bridgehead atoms. The van der Waals surface area contributed by atoms with Crippen LogP contribution in [-0.4, -0.2) is 16.6 Å². The van der Waals surface area contributed by atoms with E-state index in [2.05, 4.69) is 9.97 Å². The third kappa shape index (κ3) is 5.74. The van der Waals surface area contributed by atoms with Crippen molar-refractivity contribution in [3.05, 3.63) is 75.7 Å². The largest absolute Gasteiger partial charge is 0.477 e. The first-order valence-corrected chi connectivity index (χ1v) is 9.23. The minimum atomic E-state index is -4.55. The van der Waals surface area contributed by atoms with E-state index in [0.717, 1.165) is 23.3 Å². The van der Waals surface area contributed by atoms with Crippen LogP contribution in [0.15, 0.2) is 48.7 Å². The summed E-state index contributed by atoms with van der Waals surface area (Å²) in [6.07, 6.45) is -2.37. The van der Waals surface area contributed by atoms with E-state index < -0.39 is 11.7 Å². The van der Waals surface area contributed by atoms with Gasteiger partial charge in [0.15, 0.2) is 0 Å². The standard InChI is InChI=1S/C20H15Cl2F3N2O2/c1-12-11-26-19(22)27-18(12)28-9-8-13-2-4-14(5-3-13)29-15-6-7-17(21)16(10-15)20(23,24)25/h2-7,10-11H,8-9H2,1H3. The van der Waals surface area contributed by atoms with Gasteiger partial charge in [-0.1, -0.05) is 23.7 Å². The lowest BCUT2D eigenvalue weighted by Gasteiger charge is -2.12. The quantitative estimate of drug-likeness (QED) is 0.407. The zero-order valence-corrected chi connectivity index (χ0v) is 16.6. The number of aromatic nitrogens is 2. The molecule has 0 saturated heterocycles. The fraction of sp³-hybridized carbons (Fsp3) is 0.200. The highest BCUT2D eigenvalue weighted by Crippen LogP contribution is 2.37. The van der Waals surface area contributed by atoms with Crippen molar-refractivity contribution in [1.82, 2.24) is 9.97 Å². The summed E-state index contributed by atoms with van der Waals surface area (Å²) in [5.74, 6) is 0.880. The second-order valence-corrected chi connectivity index (χ2v) is 6.86. The minimum Gasteiger partial charge on any atom is -0.477 e. The molecule has 0 aliphatic rings. The van der Waals surface area contributed by atoms with Crippen molar-refractivity contribution in [2.24, 2.45) is 0 Å². The van der Waals surface area contributed by atoms with Crippen LogP contribution in [0.3, 0.4) is 0 Å². The van der Waals surface area contributed by atoms with E-state index in [9.17, 15) is 13.2 Å². The van der Waals surface area contributed by atoms with E-state index in [0.29, 0.717) is 24.7 Å². The van der Waals surface area contributed by atoms with Gasteiger partial charge in [0.05, 0.1) is 17.2 Å². The molecule has 3 rings (SSSR count). The topological polar surface area (TPSA) is 44.2 Å². The molecule has 0 atom stereocenters. The van der Waals surface area contributed by atoms with Crippen molar-refractivity contribution in [2.75, 3.05) is 6.61 Å². The van der Waals surface area contributed by atoms with Crippen LogP contribution >= 0.6 is 23.2 Å². The number of nitrogens with zero attached hydrogens (tertiary/aromatic N) is 2. The third-order valence-electron chi connectivity index (χ3n) is 3.93. The lowest BCUT2D eigenvalue weighted by atomic mass is 10.1. The first-order chi connectivity index (χ1) is 13.7. The Morgan fingerprint density at radius 3 is 2.38 bits per heavy atom. The smallest absolute Gasteiger partial charge is 0.417 e. The second kappa shape index (κ2) is 8.88. The molecule has 0 amide bonds. The van der Waals surface area contributed by atoms with Crippen molar-refractivity contribution in [2.45, 2.75) is 19.5 Å². The van der Waals surface area contributed by atoms with Crippen LogP contribution in [0.2, 0.25) is 10.3 Å². The van der Waals surface area contributed by atoms with Gasteiger partial charge < -0.3 is 9.47 Å². The van der Waals surface area contributed by atoms with Gasteiger partial charge >= 0.3 is 6.18 Å². The van der Waals surface area contributed by atoms with Gasteiger partial charge in [0.2, 0.25) is 11.2 Å². The molecule has 152 valence electrons. The number of rotatable bonds is 6. The molecule has 1 heterocycles. The predicted molar refractivity (Wildman–Crippen MR) is 104 cm³/mol. The molecule has 9 heteroatoms. The molecule has 0 saturated carbocycles. The first-order valence-electron chi connectivity index (χ1n) is 8.48. The molecule has 3 aromatic rings. The van der Waals surface area contributed by atoms with Gasteiger partial charge in [0, 0.05) is 18.2 Å². The Morgan fingerprint density at radius 1 is 1.00 bits per heavy atom. The van der Waals surface area contributed by atoms with Gasteiger partial charge in [-0.3, -0.25) is 0 Å². The van der Waals surface area contributed by atoms with Crippen LogP contribution in [0.4, 0.5) is 13.2 Å². The fourth-order valence-electron chi connectivity index (χ4n) is 2.46. The Labute approximate surface area is 175 Å². The average molecular weight is 443 g/mol. The third-order valence-corrected chi connectivity index (χ3v) is 4.44. The van der Waals surface area contributed by atoms with E-state index in [-0.39, 0.29) is 16.1 Å². The summed E-state index contributed by atoms with van der Waals surface area (Å²) in [5, 5.41) is -0.261. The summed E-state index contributed by atoms with van der Waals surface area (Å²) < 4.78 is 49.9. The Morgan fingerprint density at radius 2 is 1.69 bits per heavy atom.